The molecule has 0 bridgehead atoms. The topological polar surface area (TPSA) is 58.4 Å². The lowest BCUT2D eigenvalue weighted by Crippen LogP contribution is -2.44. The molecular formula is C14H17F3N6. The van der Waals surface area contributed by atoms with Gasteiger partial charge in [-0.2, -0.15) is 27.8 Å². The maximum Gasteiger partial charge on any atom is 0.433 e. The Morgan fingerprint density at radius 2 is 1.78 bits per heavy atom. The number of alkyl halides is 3. The molecule has 3 heterocycles. The summed E-state index contributed by atoms with van der Waals surface area (Å²) in [5, 5.41) is 7.59. The lowest BCUT2D eigenvalue weighted by atomic mass is 10.0. The predicted octanol–water partition coefficient (Wildman–Crippen LogP) is 1.86. The molecule has 2 aromatic rings. The molecule has 9 heteroatoms. The fourth-order valence-electron chi connectivity index (χ4n) is 3.03. The summed E-state index contributed by atoms with van der Waals surface area (Å²) >= 11 is 0. The van der Waals surface area contributed by atoms with Crippen molar-refractivity contribution in [2.45, 2.75) is 43.9 Å². The summed E-state index contributed by atoms with van der Waals surface area (Å²) in [6.07, 6.45) is 1.03. The van der Waals surface area contributed by atoms with Crippen LogP contribution in [0.1, 0.15) is 31.4 Å². The van der Waals surface area contributed by atoms with Crippen molar-refractivity contribution in [1.82, 2.24) is 24.9 Å². The first-order valence-electron chi connectivity index (χ1n) is 7.80. The van der Waals surface area contributed by atoms with Crippen molar-refractivity contribution in [2.75, 3.05) is 18.0 Å². The normalized spacial score (nSPS) is 20.4. The molecule has 0 unspecified atom stereocenters. The predicted molar refractivity (Wildman–Crippen MR) is 77.2 cm³/mol. The van der Waals surface area contributed by atoms with Gasteiger partial charge in [0.15, 0.2) is 5.69 Å². The van der Waals surface area contributed by atoms with E-state index < -0.39 is 11.9 Å². The minimum atomic E-state index is -4.49. The zero-order chi connectivity index (χ0) is 16.0. The van der Waals surface area contributed by atoms with Crippen molar-refractivity contribution in [3.8, 4) is 0 Å². The summed E-state index contributed by atoms with van der Waals surface area (Å²) in [4.78, 5) is 9.30. The average Bonchev–Trinajstić information content (AvgIpc) is 3.20. The summed E-state index contributed by atoms with van der Waals surface area (Å²) in [5.74, 6) is 0.387. The van der Waals surface area contributed by atoms with Gasteiger partial charge in [0.2, 0.25) is 0 Å². The van der Waals surface area contributed by atoms with Crippen molar-refractivity contribution in [3.05, 3.63) is 18.1 Å². The number of rotatable bonds is 3. The molecule has 1 N–H and O–H groups in total. The van der Waals surface area contributed by atoms with E-state index in [1.165, 1.54) is 23.7 Å². The van der Waals surface area contributed by atoms with Gasteiger partial charge in [0.1, 0.15) is 12.1 Å². The highest BCUT2D eigenvalue weighted by Crippen LogP contribution is 2.31. The summed E-state index contributed by atoms with van der Waals surface area (Å²) in [5.41, 5.74) is -0.925. The van der Waals surface area contributed by atoms with E-state index >= 15 is 0 Å². The molecule has 6 nitrogen and oxygen atoms in total. The number of anilines is 1. The fourth-order valence-corrected chi connectivity index (χ4v) is 3.03. The van der Waals surface area contributed by atoms with Gasteiger partial charge in [0.25, 0.3) is 5.78 Å². The number of halogens is 3. The van der Waals surface area contributed by atoms with Gasteiger partial charge in [-0.05, 0) is 25.7 Å². The molecule has 1 aliphatic heterocycles. The van der Waals surface area contributed by atoms with Gasteiger partial charge in [0, 0.05) is 31.2 Å². The molecule has 23 heavy (non-hydrogen) atoms. The molecule has 4 rings (SSSR count). The Morgan fingerprint density at radius 1 is 1.09 bits per heavy atom. The lowest BCUT2D eigenvalue weighted by Gasteiger charge is -2.34. The molecule has 0 amide bonds. The first-order chi connectivity index (χ1) is 11.0. The van der Waals surface area contributed by atoms with Crippen LogP contribution in [-0.4, -0.2) is 44.8 Å². The van der Waals surface area contributed by atoms with E-state index in [-0.39, 0.29) is 5.78 Å². The quantitative estimate of drug-likeness (QED) is 0.933. The zero-order valence-electron chi connectivity index (χ0n) is 12.4. The van der Waals surface area contributed by atoms with Crippen molar-refractivity contribution in [2.24, 2.45) is 0 Å². The second-order valence-electron chi connectivity index (χ2n) is 6.17. The second kappa shape index (κ2) is 5.33. The molecule has 2 aliphatic rings. The van der Waals surface area contributed by atoms with Gasteiger partial charge in [-0.1, -0.05) is 0 Å². The van der Waals surface area contributed by atoms with E-state index in [1.54, 1.807) is 0 Å². The van der Waals surface area contributed by atoms with Crippen LogP contribution < -0.4 is 10.2 Å². The summed E-state index contributed by atoms with van der Waals surface area (Å²) in [7, 11) is 0. The summed E-state index contributed by atoms with van der Waals surface area (Å²) in [6, 6.07) is 2.16. The summed E-state index contributed by atoms with van der Waals surface area (Å²) in [6.45, 7) is 1.39. The van der Waals surface area contributed by atoms with Crippen LogP contribution in [0, 0.1) is 0 Å². The SMILES string of the molecule is FC(F)(F)c1cc(N2CCC(NC3CC3)CC2)n2ncnc2n1. The molecule has 0 aromatic carbocycles. The molecule has 1 saturated heterocycles. The molecule has 0 radical (unpaired) electrons. The van der Waals surface area contributed by atoms with E-state index in [0.29, 0.717) is 31.0 Å². The van der Waals surface area contributed by atoms with Gasteiger partial charge in [0.05, 0.1) is 0 Å². The third kappa shape index (κ3) is 2.97. The molecule has 2 aromatic heterocycles. The molecular weight excluding hydrogens is 309 g/mol. The van der Waals surface area contributed by atoms with E-state index in [1.807, 2.05) is 4.90 Å². The van der Waals surface area contributed by atoms with Gasteiger partial charge in [-0.3, -0.25) is 0 Å². The smallest absolute Gasteiger partial charge is 0.356 e. The van der Waals surface area contributed by atoms with Crippen molar-refractivity contribution in [3.63, 3.8) is 0 Å². The van der Waals surface area contributed by atoms with Gasteiger partial charge in [-0.15, -0.1) is 0 Å². The largest absolute Gasteiger partial charge is 0.433 e. The zero-order valence-corrected chi connectivity index (χ0v) is 12.4. The van der Waals surface area contributed by atoms with E-state index in [9.17, 15) is 13.2 Å². The number of hydrogen-bond acceptors (Lipinski definition) is 5. The average molecular weight is 326 g/mol. The fraction of sp³-hybridized carbons (Fsp3) is 0.643. The molecule has 0 spiro atoms. The number of piperidine rings is 1. The molecule has 0 atom stereocenters. The van der Waals surface area contributed by atoms with E-state index in [0.717, 1.165) is 18.9 Å². The van der Waals surface area contributed by atoms with Gasteiger partial charge in [-0.25, -0.2) is 4.98 Å². The number of aromatic nitrogens is 4. The minimum Gasteiger partial charge on any atom is -0.356 e. The molecule has 2 fully saturated rings. The first-order valence-corrected chi connectivity index (χ1v) is 7.80. The number of nitrogens with zero attached hydrogens (tertiary/aromatic N) is 5. The van der Waals surface area contributed by atoms with Crippen LogP contribution in [0.2, 0.25) is 0 Å². The van der Waals surface area contributed by atoms with Crippen LogP contribution in [0.4, 0.5) is 19.0 Å². The maximum atomic E-state index is 13.0. The van der Waals surface area contributed by atoms with Gasteiger partial charge < -0.3 is 10.2 Å². The number of fused-ring (bicyclic) bond motifs is 1. The molecule has 124 valence electrons. The highest BCUT2D eigenvalue weighted by Gasteiger charge is 2.35. The third-order valence-electron chi connectivity index (χ3n) is 4.39. The Kier molecular flexibility index (Phi) is 3.40. The monoisotopic (exact) mass is 326 g/mol. The van der Waals surface area contributed by atoms with Crippen LogP contribution in [0.3, 0.4) is 0 Å². The highest BCUT2D eigenvalue weighted by atomic mass is 19.4. The van der Waals surface area contributed by atoms with Crippen LogP contribution in [0.25, 0.3) is 5.78 Å². The van der Waals surface area contributed by atoms with Crippen LogP contribution >= 0.6 is 0 Å². The Morgan fingerprint density at radius 3 is 2.43 bits per heavy atom. The minimum absolute atomic E-state index is 0.0203. The number of nitrogens with one attached hydrogen (secondary N) is 1. The Hall–Kier alpha value is -1.90. The highest BCUT2D eigenvalue weighted by molar-refractivity contribution is 5.48. The van der Waals surface area contributed by atoms with Crippen molar-refractivity contribution in [1.29, 1.82) is 0 Å². The van der Waals surface area contributed by atoms with Crippen molar-refractivity contribution >= 4 is 11.6 Å². The molecule has 1 aliphatic carbocycles. The molecule has 1 saturated carbocycles. The Bertz CT molecular complexity index is 700. The Balaban J connectivity index is 1.59. The Labute approximate surface area is 130 Å². The van der Waals surface area contributed by atoms with Crippen molar-refractivity contribution < 1.29 is 13.2 Å². The summed E-state index contributed by atoms with van der Waals surface area (Å²) < 4.78 is 40.5. The third-order valence-corrected chi connectivity index (χ3v) is 4.39. The van der Waals surface area contributed by atoms with Gasteiger partial charge >= 0.3 is 6.18 Å². The second-order valence-corrected chi connectivity index (χ2v) is 6.17. The van der Waals surface area contributed by atoms with E-state index in [2.05, 4.69) is 20.4 Å². The first kappa shape index (κ1) is 14.7. The maximum absolute atomic E-state index is 13.0. The lowest BCUT2D eigenvalue weighted by molar-refractivity contribution is -0.141. The van der Waals surface area contributed by atoms with Crippen LogP contribution in [0.15, 0.2) is 12.4 Å². The standard InChI is InChI=1S/C14H17F3N6/c15-14(16,17)11-7-12(23-13(21-11)18-8-19-23)22-5-3-10(4-6-22)20-9-1-2-9/h7-10,20H,1-6H2. The van der Waals surface area contributed by atoms with Crippen LogP contribution in [0.5, 0.6) is 0 Å². The number of hydrogen-bond donors (Lipinski definition) is 1. The van der Waals surface area contributed by atoms with Crippen LogP contribution in [-0.2, 0) is 6.18 Å². The van der Waals surface area contributed by atoms with E-state index in [4.69, 9.17) is 0 Å².